The van der Waals surface area contributed by atoms with Gasteiger partial charge in [-0.25, -0.2) is 10.4 Å². The number of amides is 1. The second-order valence-corrected chi connectivity index (χ2v) is 8.83. The lowest BCUT2D eigenvalue weighted by molar-refractivity contribution is -0.118. The number of rotatable bonds is 6. The van der Waals surface area contributed by atoms with Crippen molar-refractivity contribution in [1.82, 2.24) is 15.0 Å². The largest absolute Gasteiger partial charge is 0.272 e. The number of benzene rings is 2. The molecule has 0 atom stereocenters. The van der Waals surface area contributed by atoms with Crippen LogP contribution in [0.4, 0.5) is 0 Å². The Hall–Kier alpha value is -3.23. The average molecular weight is 449 g/mol. The van der Waals surface area contributed by atoms with E-state index < -0.39 is 0 Å². The number of hydrazone groups is 1. The fraction of sp³-hybridized carbons (Fsp3) is 0.130. The lowest BCUT2D eigenvalue weighted by Gasteiger charge is -2.13. The van der Waals surface area contributed by atoms with E-state index in [-0.39, 0.29) is 17.2 Å². The third-order valence-electron chi connectivity index (χ3n) is 4.64. The van der Waals surface area contributed by atoms with Crippen molar-refractivity contribution in [3.8, 4) is 5.69 Å². The number of nitrogens with one attached hydrogen (secondary N) is 1. The maximum atomic E-state index is 13.2. The van der Waals surface area contributed by atoms with E-state index in [2.05, 4.69) is 15.5 Å². The zero-order chi connectivity index (χ0) is 21.8. The van der Waals surface area contributed by atoms with Gasteiger partial charge in [-0.3, -0.25) is 14.2 Å². The molecule has 0 aliphatic rings. The summed E-state index contributed by atoms with van der Waals surface area (Å²) in [6.45, 7) is 3.98. The first-order valence-electron chi connectivity index (χ1n) is 9.60. The van der Waals surface area contributed by atoms with Gasteiger partial charge in [-0.2, -0.15) is 5.10 Å². The van der Waals surface area contributed by atoms with E-state index in [4.69, 9.17) is 0 Å². The lowest BCUT2D eigenvalue weighted by Crippen LogP contribution is -2.24. The van der Waals surface area contributed by atoms with Crippen LogP contribution in [-0.4, -0.2) is 27.4 Å². The van der Waals surface area contributed by atoms with E-state index in [9.17, 15) is 9.59 Å². The quantitative estimate of drug-likeness (QED) is 0.206. The molecule has 31 heavy (non-hydrogen) atoms. The number of carbonyl (C=O) groups is 1. The second kappa shape index (κ2) is 9.28. The summed E-state index contributed by atoms with van der Waals surface area (Å²) in [7, 11) is 0. The van der Waals surface area contributed by atoms with Gasteiger partial charge in [-0.1, -0.05) is 41.6 Å². The van der Waals surface area contributed by atoms with Crippen LogP contribution in [-0.2, 0) is 4.79 Å². The first-order valence-corrected chi connectivity index (χ1v) is 11.5. The molecule has 4 rings (SSSR count). The molecular weight excluding hydrogens is 428 g/mol. The van der Waals surface area contributed by atoms with Crippen LogP contribution >= 0.6 is 23.1 Å². The summed E-state index contributed by atoms with van der Waals surface area (Å²) in [6.07, 6.45) is 1.64. The number of hydrogen-bond donors (Lipinski definition) is 1. The maximum absolute atomic E-state index is 13.2. The first kappa shape index (κ1) is 21.0. The van der Waals surface area contributed by atoms with Gasteiger partial charge in [0.1, 0.15) is 0 Å². The minimum absolute atomic E-state index is 0.0808. The summed E-state index contributed by atoms with van der Waals surface area (Å²) in [5.41, 5.74) is 5.89. The third-order valence-corrected chi connectivity index (χ3v) is 6.53. The van der Waals surface area contributed by atoms with E-state index in [0.29, 0.717) is 21.7 Å². The minimum atomic E-state index is -0.270. The van der Waals surface area contributed by atoms with Gasteiger partial charge in [-0.05, 0) is 55.1 Å². The summed E-state index contributed by atoms with van der Waals surface area (Å²) in [4.78, 5) is 31.2. The van der Waals surface area contributed by atoms with Crippen LogP contribution in [0.1, 0.15) is 16.0 Å². The molecule has 0 radical (unpaired) electrons. The van der Waals surface area contributed by atoms with Gasteiger partial charge in [0, 0.05) is 4.88 Å². The summed E-state index contributed by atoms with van der Waals surface area (Å²) in [5.74, 6) is -0.189. The molecule has 156 valence electrons. The van der Waals surface area contributed by atoms with E-state index in [1.54, 1.807) is 34.3 Å². The van der Waals surface area contributed by atoms with Gasteiger partial charge in [0.05, 0.1) is 28.6 Å². The van der Waals surface area contributed by atoms with Crippen LogP contribution in [0, 0.1) is 13.8 Å². The average Bonchev–Trinajstić information content (AvgIpc) is 3.18. The molecule has 0 fully saturated rings. The number of aryl methyl sites for hydroxylation is 2. The highest BCUT2D eigenvalue weighted by molar-refractivity contribution is 7.99. The third kappa shape index (κ3) is 4.76. The minimum Gasteiger partial charge on any atom is -0.272 e. The number of thiophene rings is 1. The number of nitrogens with zero attached hydrogens (tertiary/aromatic N) is 3. The van der Waals surface area contributed by atoms with Crippen molar-refractivity contribution in [2.24, 2.45) is 5.10 Å². The molecule has 0 aliphatic heterocycles. The maximum Gasteiger partial charge on any atom is 0.266 e. The van der Waals surface area contributed by atoms with Crippen LogP contribution in [0.3, 0.4) is 0 Å². The molecule has 1 amide bonds. The number of thioether (sulfide) groups is 1. The Morgan fingerprint density at radius 3 is 2.68 bits per heavy atom. The summed E-state index contributed by atoms with van der Waals surface area (Å²) in [5, 5.41) is 7.00. The van der Waals surface area contributed by atoms with Crippen molar-refractivity contribution in [3.63, 3.8) is 0 Å². The highest BCUT2D eigenvalue weighted by Crippen LogP contribution is 2.21. The van der Waals surface area contributed by atoms with E-state index in [1.165, 1.54) is 11.8 Å². The monoisotopic (exact) mass is 448 g/mol. The summed E-state index contributed by atoms with van der Waals surface area (Å²) < 4.78 is 1.55. The van der Waals surface area contributed by atoms with Crippen LogP contribution < -0.4 is 11.0 Å². The number of fused-ring (bicyclic) bond motifs is 1. The first-order chi connectivity index (χ1) is 15.0. The Kier molecular flexibility index (Phi) is 6.29. The van der Waals surface area contributed by atoms with Gasteiger partial charge < -0.3 is 0 Å². The SMILES string of the molecule is Cc1ccc(-n2c(SCC(=O)N/N=C/c3sccc3C)nc3ccccc3c2=O)cc1. The zero-order valence-corrected chi connectivity index (χ0v) is 18.7. The smallest absolute Gasteiger partial charge is 0.266 e. The highest BCUT2D eigenvalue weighted by atomic mass is 32.2. The zero-order valence-electron chi connectivity index (χ0n) is 17.0. The Morgan fingerprint density at radius 1 is 1.16 bits per heavy atom. The molecule has 2 aromatic carbocycles. The number of hydrogen-bond acceptors (Lipinski definition) is 6. The number of carbonyl (C=O) groups excluding carboxylic acids is 1. The van der Waals surface area contributed by atoms with E-state index in [1.807, 2.05) is 61.7 Å². The van der Waals surface area contributed by atoms with E-state index >= 15 is 0 Å². The van der Waals surface area contributed by atoms with Crippen LogP contribution in [0.25, 0.3) is 16.6 Å². The molecule has 2 aromatic heterocycles. The van der Waals surface area contributed by atoms with Crippen molar-refractivity contribution >= 4 is 46.1 Å². The highest BCUT2D eigenvalue weighted by Gasteiger charge is 2.14. The van der Waals surface area contributed by atoms with Crippen molar-refractivity contribution in [3.05, 3.63) is 86.3 Å². The Bertz CT molecular complexity index is 1320. The Labute approximate surface area is 187 Å². The van der Waals surface area contributed by atoms with Gasteiger partial charge >= 0.3 is 0 Å². The molecule has 4 aromatic rings. The summed E-state index contributed by atoms with van der Waals surface area (Å²) >= 11 is 2.76. The molecule has 0 bridgehead atoms. The van der Waals surface area contributed by atoms with Crippen molar-refractivity contribution in [2.45, 2.75) is 19.0 Å². The Balaban J connectivity index is 1.59. The molecular formula is C23H20N4O2S2. The van der Waals surface area contributed by atoms with Gasteiger partial charge in [0.2, 0.25) is 0 Å². The normalized spacial score (nSPS) is 11.3. The van der Waals surface area contributed by atoms with Crippen molar-refractivity contribution in [2.75, 3.05) is 5.75 Å². The molecule has 0 saturated carbocycles. The second-order valence-electron chi connectivity index (χ2n) is 6.94. The van der Waals surface area contributed by atoms with E-state index in [0.717, 1.165) is 16.0 Å². The molecule has 8 heteroatoms. The molecule has 2 heterocycles. The molecule has 0 saturated heterocycles. The number of aromatic nitrogens is 2. The standard InChI is InChI=1S/C23H20N4O2S2/c1-15-7-9-17(10-8-15)27-22(29)18-5-3-4-6-19(18)25-23(27)31-14-21(28)26-24-13-20-16(2)11-12-30-20/h3-13H,14H2,1-2H3,(H,26,28)/b24-13+. The van der Waals surface area contributed by atoms with Crippen molar-refractivity contribution < 1.29 is 4.79 Å². The van der Waals surface area contributed by atoms with Crippen molar-refractivity contribution in [1.29, 1.82) is 0 Å². The predicted octanol–water partition coefficient (Wildman–Crippen LogP) is 4.31. The van der Waals surface area contributed by atoms with Crippen LogP contribution in [0.15, 0.2) is 75.0 Å². The van der Waals surface area contributed by atoms with Gasteiger partial charge in [0.25, 0.3) is 11.5 Å². The number of para-hydroxylation sites is 1. The molecule has 6 nitrogen and oxygen atoms in total. The molecule has 1 N–H and O–H groups in total. The molecule has 0 unspecified atom stereocenters. The topological polar surface area (TPSA) is 76.3 Å². The Morgan fingerprint density at radius 2 is 1.94 bits per heavy atom. The predicted molar refractivity (Wildman–Crippen MR) is 128 cm³/mol. The van der Waals surface area contributed by atoms with Gasteiger partial charge in [-0.15, -0.1) is 11.3 Å². The summed E-state index contributed by atoms with van der Waals surface area (Å²) in [6, 6.07) is 16.9. The van der Waals surface area contributed by atoms with Crippen LogP contribution in [0.5, 0.6) is 0 Å². The fourth-order valence-electron chi connectivity index (χ4n) is 2.97. The van der Waals surface area contributed by atoms with Gasteiger partial charge in [0.15, 0.2) is 5.16 Å². The fourth-order valence-corrected chi connectivity index (χ4v) is 4.56. The molecule has 0 spiro atoms. The lowest BCUT2D eigenvalue weighted by atomic mass is 10.2. The van der Waals surface area contributed by atoms with Crippen LogP contribution in [0.2, 0.25) is 0 Å². The molecule has 0 aliphatic carbocycles.